The van der Waals surface area contributed by atoms with Crippen LogP contribution in [0.2, 0.25) is 0 Å². The monoisotopic (exact) mass is 454 g/mol. The lowest BCUT2D eigenvalue weighted by molar-refractivity contribution is -0.137. The zero-order valence-corrected chi connectivity index (χ0v) is 18.9. The number of hydrogen-bond donors (Lipinski definition) is 0. The highest BCUT2D eigenvalue weighted by Gasteiger charge is 2.36. The molecule has 1 fully saturated rings. The molecule has 3 heterocycles. The molecular weight excluding hydrogens is 428 g/mol. The van der Waals surface area contributed by atoms with Crippen LogP contribution in [0, 0.1) is 5.92 Å². The molecule has 10 heteroatoms. The Morgan fingerprint density at radius 3 is 2.60 bits per heavy atom. The van der Waals surface area contributed by atoms with Crippen LogP contribution < -0.4 is 0 Å². The van der Waals surface area contributed by atoms with Gasteiger partial charge in [-0.2, -0.15) is 4.31 Å². The first-order valence-corrected chi connectivity index (χ1v) is 12.1. The summed E-state index contributed by atoms with van der Waals surface area (Å²) in [4.78, 5) is 27.5. The van der Waals surface area contributed by atoms with E-state index in [0.29, 0.717) is 12.8 Å². The van der Waals surface area contributed by atoms with Crippen molar-refractivity contribution in [3.05, 3.63) is 40.3 Å². The lowest BCUT2D eigenvalue weighted by Gasteiger charge is -2.33. The molecule has 1 saturated heterocycles. The van der Waals surface area contributed by atoms with Gasteiger partial charge in [0, 0.05) is 30.9 Å². The maximum Gasteiger partial charge on any atom is 0.374 e. The Labute approximate surface area is 180 Å². The van der Waals surface area contributed by atoms with Crippen molar-refractivity contribution < 1.29 is 27.2 Å². The largest absolute Gasteiger partial charge is 0.460 e. The number of piperidine rings is 1. The highest BCUT2D eigenvalue weighted by atomic mass is 32.2. The van der Waals surface area contributed by atoms with Crippen LogP contribution in [0.4, 0.5) is 0 Å². The summed E-state index contributed by atoms with van der Waals surface area (Å²) < 4.78 is 37.0. The summed E-state index contributed by atoms with van der Waals surface area (Å²) in [6, 6.07) is 6.49. The van der Waals surface area contributed by atoms with E-state index in [-0.39, 0.29) is 48.4 Å². The standard InChI is InChI=1S/C20H26N2O6S2/c1-4-27-20(24)16-7-8-18(28-16)30(25,26)22-11-9-15(10-12-22)19(23)21(3)14(2)17-6-5-13-29-17/h5-8,13-15H,4,9-12H2,1-3H3. The van der Waals surface area contributed by atoms with E-state index in [2.05, 4.69) is 0 Å². The minimum absolute atomic E-state index is 0.0237. The lowest BCUT2D eigenvalue weighted by atomic mass is 9.96. The van der Waals surface area contributed by atoms with Crippen LogP contribution in [0.15, 0.2) is 39.2 Å². The number of rotatable bonds is 7. The van der Waals surface area contributed by atoms with Crippen molar-refractivity contribution in [3.8, 4) is 0 Å². The minimum Gasteiger partial charge on any atom is -0.460 e. The Morgan fingerprint density at radius 2 is 2.00 bits per heavy atom. The van der Waals surface area contributed by atoms with E-state index in [9.17, 15) is 18.0 Å². The van der Waals surface area contributed by atoms with Crippen LogP contribution in [0.5, 0.6) is 0 Å². The van der Waals surface area contributed by atoms with Crippen molar-refractivity contribution in [1.82, 2.24) is 9.21 Å². The van der Waals surface area contributed by atoms with Crippen molar-refractivity contribution in [2.45, 2.75) is 37.8 Å². The highest BCUT2D eigenvalue weighted by molar-refractivity contribution is 7.89. The van der Waals surface area contributed by atoms with Gasteiger partial charge in [0.1, 0.15) is 0 Å². The van der Waals surface area contributed by atoms with Gasteiger partial charge in [-0.05, 0) is 50.3 Å². The van der Waals surface area contributed by atoms with Gasteiger partial charge in [-0.3, -0.25) is 4.79 Å². The van der Waals surface area contributed by atoms with Crippen LogP contribution >= 0.6 is 11.3 Å². The molecule has 2 aromatic heterocycles. The van der Waals surface area contributed by atoms with Crippen LogP contribution in [0.25, 0.3) is 0 Å². The average Bonchev–Trinajstić information content (AvgIpc) is 3.45. The molecule has 1 aliphatic rings. The van der Waals surface area contributed by atoms with Crippen molar-refractivity contribution in [1.29, 1.82) is 0 Å². The molecule has 1 atom stereocenters. The molecule has 0 aliphatic carbocycles. The predicted molar refractivity (Wildman–Crippen MR) is 112 cm³/mol. The fraction of sp³-hybridized carbons (Fsp3) is 0.500. The number of furan rings is 1. The molecule has 2 aromatic rings. The molecule has 0 radical (unpaired) electrons. The lowest BCUT2D eigenvalue weighted by Crippen LogP contribution is -2.43. The van der Waals surface area contributed by atoms with Crippen molar-refractivity contribution in [2.24, 2.45) is 5.92 Å². The molecule has 1 unspecified atom stereocenters. The Morgan fingerprint density at radius 1 is 1.30 bits per heavy atom. The summed E-state index contributed by atoms with van der Waals surface area (Å²) in [6.45, 7) is 4.25. The number of sulfonamides is 1. The molecule has 8 nitrogen and oxygen atoms in total. The number of carbonyl (C=O) groups is 2. The Balaban J connectivity index is 1.62. The topological polar surface area (TPSA) is 97.1 Å². The van der Waals surface area contributed by atoms with Crippen LogP contribution in [-0.4, -0.2) is 56.2 Å². The van der Waals surface area contributed by atoms with Gasteiger partial charge in [-0.1, -0.05) is 6.07 Å². The van der Waals surface area contributed by atoms with Crippen LogP contribution in [0.3, 0.4) is 0 Å². The zero-order valence-electron chi connectivity index (χ0n) is 17.2. The van der Waals surface area contributed by atoms with Crippen molar-refractivity contribution in [3.63, 3.8) is 0 Å². The normalized spacial score (nSPS) is 16.9. The van der Waals surface area contributed by atoms with Gasteiger partial charge < -0.3 is 14.1 Å². The summed E-state index contributed by atoms with van der Waals surface area (Å²) in [5.74, 6) is -1.05. The van der Waals surface area contributed by atoms with E-state index in [1.165, 1.54) is 16.4 Å². The van der Waals surface area contributed by atoms with E-state index < -0.39 is 16.0 Å². The van der Waals surface area contributed by atoms with Gasteiger partial charge in [0.25, 0.3) is 10.0 Å². The third kappa shape index (κ3) is 4.60. The van der Waals surface area contributed by atoms with Crippen molar-refractivity contribution >= 4 is 33.2 Å². The molecule has 30 heavy (non-hydrogen) atoms. The van der Waals surface area contributed by atoms with Crippen molar-refractivity contribution in [2.75, 3.05) is 26.7 Å². The third-order valence-electron chi connectivity index (χ3n) is 5.34. The Kier molecular flexibility index (Phi) is 6.99. The minimum atomic E-state index is -3.88. The molecule has 3 rings (SSSR count). The maximum absolute atomic E-state index is 12.9. The van der Waals surface area contributed by atoms with Gasteiger partial charge in [-0.15, -0.1) is 11.3 Å². The quantitative estimate of drug-likeness (QED) is 0.596. The van der Waals surface area contributed by atoms with E-state index >= 15 is 0 Å². The molecule has 0 bridgehead atoms. The maximum atomic E-state index is 12.9. The summed E-state index contributed by atoms with van der Waals surface area (Å²) in [5, 5.41) is 1.69. The van der Waals surface area contributed by atoms with Gasteiger partial charge in [0.15, 0.2) is 0 Å². The molecule has 0 saturated carbocycles. The second-order valence-electron chi connectivity index (χ2n) is 7.16. The average molecular weight is 455 g/mol. The fourth-order valence-electron chi connectivity index (χ4n) is 3.44. The Bertz CT molecular complexity index is 975. The first kappa shape index (κ1) is 22.5. The number of esters is 1. The summed E-state index contributed by atoms with van der Waals surface area (Å²) >= 11 is 1.61. The first-order valence-electron chi connectivity index (χ1n) is 9.82. The second kappa shape index (κ2) is 9.32. The summed E-state index contributed by atoms with van der Waals surface area (Å²) in [5.41, 5.74) is 0. The zero-order chi connectivity index (χ0) is 21.9. The van der Waals surface area contributed by atoms with Crippen LogP contribution in [-0.2, 0) is 19.6 Å². The van der Waals surface area contributed by atoms with E-state index in [4.69, 9.17) is 9.15 Å². The van der Waals surface area contributed by atoms with Gasteiger partial charge in [0.05, 0.1) is 12.6 Å². The molecule has 0 spiro atoms. The number of hydrogen-bond acceptors (Lipinski definition) is 7. The molecule has 1 amide bonds. The van der Waals surface area contributed by atoms with Gasteiger partial charge >= 0.3 is 5.97 Å². The number of carbonyl (C=O) groups excluding carboxylic acids is 2. The molecular formula is C20H26N2O6S2. The summed E-state index contributed by atoms with van der Waals surface area (Å²) in [7, 11) is -2.09. The smallest absolute Gasteiger partial charge is 0.374 e. The molecule has 1 aliphatic heterocycles. The number of amides is 1. The third-order valence-corrected chi connectivity index (χ3v) is 8.15. The van der Waals surface area contributed by atoms with Gasteiger partial charge in [0.2, 0.25) is 16.8 Å². The number of ether oxygens (including phenoxy) is 1. The summed E-state index contributed by atoms with van der Waals surface area (Å²) in [6.07, 6.45) is 0.871. The molecule has 0 N–H and O–H groups in total. The molecule has 0 aromatic carbocycles. The van der Waals surface area contributed by atoms with E-state index in [1.54, 1.807) is 30.2 Å². The van der Waals surface area contributed by atoms with Gasteiger partial charge in [-0.25, -0.2) is 13.2 Å². The first-order chi connectivity index (χ1) is 14.3. The van der Waals surface area contributed by atoms with E-state index in [1.807, 2.05) is 24.4 Å². The Hall–Kier alpha value is -2.17. The highest BCUT2D eigenvalue weighted by Crippen LogP contribution is 2.29. The van der Waals surface area contributed by atoms with Crippen LogP contribution in [0.1, 0.15) is 48.2 Å². The molecule has 164 valence electrons. The predicted octanol–water partition coefficient (Wildman–Crippen LogP) is 3.14. The second-order valence-corrected chi connectivity index (χ2v) is 10.0. The number of thiophene rings is 1. The fourth-order valence-corrected chi connectivity index (χ4v) is 5.65. The van der Waals surface area contributed by atoms with E-state index in [0.717, 1.165) is 4.88 Å². The number of nitrogens with zero attached hydrogens (tertiary/aromatic N) is 2. The SMILES string of the molecule is CCOC(=O)c1ccc(S(=O)(=O)N2CCC(C(=O)N(C)C(C)c3cccs3)CC2)o1.